The Bertz CT molecular complexity index is 1390. The number of rotatable bonds is 6. The zero-order chi connectivity index (χ0) is 25.0. The van der Waals surface area contributed by atoms with Gasteiger partial charge >= 0.3 is 6.03 Å². The lowest BCUT2D eigenvalue weighted by Crippen LogP contribution is -2.52. The second-order valence-electron chi connectivity index (χ2n) is 9.29. The molecule has 1 aromatic heterocycles. The topological polar surface area (TPSA) is 142 Å². The molecule has 6 rings (SSSR count). The number of aliphatic imine (C=N–C) groups is 1. The SMILES string of the molecule is COc1ccc2c(c1)C(=O)N(C[C@@]1(c3cc4c(o3)CC=C(C(=O)NC3CC3)C=N4)NC(=O)NC1=O)C2. The highest BCUT2D eigenvalue weighted by atomic mass is 16.5. The molecular weight excluding hydrogens is 466 g/mol. The monoisotopic (exact) mass is 489 g/mol. The lowest BCUT2D eigenvalue weighted by molar-refractivity contribution is -0.125. The molecule has 4 heterocycles. The van der Waals surface area contributed by atoms with Gasteiger partial charge in [0.1, 0.15) is 23.0 Å². The first kappa shape index (κ1) is 22.1. The first-order chi connectivity index (χ1) is 17.4. The number of allylic oxidation sites excluding steroid dienone is 1. The number of methoxy groups -OCH3 is 1. The third kappa shape index (κ3) is 3.63. The number of benzene rings is 1. The number of carbonyl (C=O) groups excluding carboxylic acids is 4. The Morgan fingerprint density at radius 3 is 2.83 bits per heavy atom. The zero-order valence-corrected chi connectivity index (χ0v) is 19.4. The highest BCUT2D eigenvalue weighted by molar-refractivity contribution is 6.13. The molecule has 3 N–H and O–H groups in total. The Balaban J connectivity index is 1.29. The number of fused-ring (bicyclic) bond motifs is 2. The molecule has 1 saturated heterocycles. The summed E-state index contributed by atoms with van der Waals surface area (Å²) >= 11 is 0. The molecule has 2 fully saturated rings. The summed E-state index contributed by atoms with van der Waals surface area (Å²) in [4.78, 5) is 56.8. The molecule has 11 heteroatoms. The minimum Gasteiger partial charge on any atom is -0.497 e. The summed E-state index contributed by atoms with van der Waals surface area (Å²) in [6.45, 7) is 0.130. The number of imide groups is 1. The van der Waals surface area contributed by atoms with Crippen LogP contribution in [0.2, 0.25) is 0 Å². The lowest BCUT2D eigenvalue weighted by atomic mass is 9.95. The zero-order valence-electron chi connectivity index (χ0n) is 19.4. The van der Waals surface area contributed by atoms with Gasteiger partial charge in [-0.1, -0.05) is 12.1 Å². The van der Waals surface area contributed by atoms with Gasteiger partial charge in [0, 0.05) is 36.9 Å². The van der Waals surface area contributed by atoms with Gasteiger partial charge in [-0.25, -0.2) is 4.79 Å². The van der Waals surface area contributed by atoms with Crippen LogP contribution in [0.3, 0.4) is 0 Å². The van der Waals surface area contributed by atoms with Gasteiger partial charge in [0.2, 0.25) is 0 Å². The second kappa shape index (κ2) is 8.08. The van der Waals surface area contributed by atoms with E-state index in [1.165, 1.54) is 18.2 Å². The highest BCUT2D eigenvalue weighted by Gasteiger charge is 2.53. The van der Waals surface area contributed by atoms with Gasteiger partial charge in [-0.05, 0) is 30.5 Å². The van der Waals surface area contributed by atoms with Crippen molar-refractivity contribution in [2.45, 2.75) is 37.4 Å². The van der Waals surface area contributed by atoms with Crippen LogP contribution in [0.5, 0.6) is 5.75 Å². The molecule has 2 aromatic rings. The van der Waals surface area contributed by atoms with Crippen molar-refractivity contribution in [3.8, 4) is 5.75 Å². The summed E-state index contributed by atoms with van der Waals surface area (Å²) in [6, 6.07) is 6.35. The minimum atomic E-state index is -1.63. The van der Waals surface area contributed by atoms with Gasteiger partial charge in [-0.3, -0.25) is 24.7 Å². The standard InChI is InChI=1S/C25H23N5O6/c1-35-16-6-2-14-11-30(22(32)17(14)8-16)12-25(23(33)28-24(34)29-25)20-9-18-19(36-20)7-3-13(10-26-18)21(31)27-15-4-5-15/h2-3,6,8-10,15H,4-5,7,11-12H2,1H3,(H,27,31)(H2,28,29,33,34)/t25-/m0/s1. The maximum Gasteiger partial charge on any atom is 0.322 e. The van der Waals surface area contributed by atoms with E-state index >= 15 is 0 Å². The van der Waals surface area contributed by atoms with Crippen molar-refractivity contribution in [3.05, 3.63) is 58.6 Å². The van der Waals surface area contributed by atoms with Crippen LogP contribution in [-0.2, 0) is 28.1 Å². The van der Waals surface area contributed by atoms with E-state index in [4.69, 9.17) is 9.15 Å². The van der Waals surface area contributed by atoms with Gasteiger partial charge in [0.25, 0.3) is 17.7 Å². The number of ether oxygens (including phenoxy) is 1. The first-order valence-corrected chi connectivity index (χ1v) is 11.6. The molecule has 1 aliphatic carbocycles. The quantitative estimate of drug-likeness (QED) is 0.524. The van der Waals surface area contributed by atoms with Crippen molar-refractivity contribution >= 4 is 35.7 Å². The number of urea groups is 1. The van der Waals surface area contributed by atoms with Gasteiger partial charge < -0.3 is 24.7 Å². The predicted octanol–water partition coefficient (Wildman–Crippen LogP) is 1.44. The van der Waals surface area contributed by atoms with E-state index in [0.29, 0.717) is 28.3 Å². The predicted molar refractivity (Wildman–Crippen MR) is 126 cm³/mol. The fourth-order valence-electron chi connectivity index (χ4n) is 4.66. The normalized spacial score (nSPS) is 22.4. The van der Waals surface area contributed by atoms with Gasteiger partial charge in [-0.2, -0.15) is 0 Å². The van der Waals surface area contributed by atoms with Crippen LogP contribution < -0.4 is 20.7 Å². The number of nitrogens with one attached hydrogen (secondary N) is 3. The number of furan rings is 1. The Hall–Kier alpha value is -4.41. The van der Waals surface area contributed by atoms with Crippen molar-refractivity contribution in [1.82, 2.24) is 20.9 Å². The Kier molecular flexibility index (Phi) is 4.95. The molecule has 0 spiro atoms. The van der Waals surface area contributed by atoms with Crippen LogP contribution in [0.4, 0.5) is 10.5 Å². The number of hydrogen-bond acceptors (Lipinski definition) is 7. The highest BCUT2D eigenvalue weighted by Crippen LogP contribution is 2.37. The molecular formula is C25H23N5O6. The van der Waals surface area contributed by atoms with E-state index in [0.717, 1.165) is 18.4 Å². The second-order valence-corrected chi connectivity index (χ2v) is 9.29. The summed E-state index contributed by atoms with van der Waals surface area (Å²) < 4.78 is 11.3. The fourth-order valence-corrected chi connectivity index (χ4v) is 4.66. The molecule has 5 amide bonds. The molecule has 184 valence electrons. The fraction of sp³-hybridized carbons (Fsp3) is 0.320. The van der Waals surface area contributed by atoms with Crippen LogP contribution in [0.1, 0.15) is 40.3 Å². The maximum absolute atomic E-state index is 13.2. The Morgan fingerprint density at radius 1 is 1.28 bits per heavy atom. The molecule has 1 atom stereocenters. The van der Waals surface area contributed by atoms with E-state index < -0.39 is 17.5 Å². The number of hydrogen-bond donors (Lipinski definition) is 3. The number of amides is 5. The van der Waals surface area contributed by atoms with E-state index in [-0.39, 0.29) is 43.1 Å². The first-order valence-electron chi connectivity index (χ1n) is 11.6. The molecule has 0 unspecified atom stereocenters. The summed E-state index contributed by atoms with van der Waals surface area (Å²) in [5.74, 6) is 0.0725. The van der Waals surface area contributed by atoms with E-state index in [1.54, 1.807) is 30.3 Å². The molecule has 11 nitrogen and oxygen atoms in total. The van der Waals surface area contributed by atoms with Gasteiger partial charge in [0.15, 0.2) is 5.54 Å². The summed E-state index contributed by atoms with van der Waals surface area (Å²) in [6.07, 6.45) is 5.43. The largest absolute Gasteiger partial charge is 0.497 e. The number of nitrogens with zero attached hydrogens (tertiary/aromatic N) is 2. The molecule has 1 aromatic carbocycles. The maximum atomic E-state index is 13.2. The van der Waals surface area contributed by atoms with Gasteiger partial charge in [0.05, 0.1) is 19.2 Å². The van der Waals surface area contributed by atoms with Crippen LogP contribution in [-0.4, -0.2) is 54.6 Å². The van der Waals surface area contributed by atoms with Gasteiger partial charge in [-0.15, -0.1) is 0 Å². The Morgan fingerprint density at radius 2 is 2.11 bits per heavy atom. The molecule has 0 bridgehead atoms. The summed E-state index contributed by atoms with van der Waals surface area (Å²) in [5, 5.41) is 7.86. The molecule has 36 heavy (non-hydrogen) atoms. The van der Waals surface area contributed by atoms with E-state index in [1.807, 2.05) is 0 Å². The van der Waals surface area contributed by atoms with Crippen molar-refractivity contribution in [1.29, 1.82) is 0 Å². The van der Waals surface area contributed by atoms with E-state index in [2.05, 4.69) is 20.9 Å². The molecule has 0 radical (unpaired) electrons. The summed E-state index contributed by atoms with van der Waals surface area (Å²) in [5.41, 5.74) is 0.534. The molecule has 1 saturated carbocycles. The minimum absolute atomic E-state index is 0.138. The van der Waals surface area contributed by atoms with E-state index in [9.17, 15) is 19.2 Å². The number of carbonyl (C=O) groups is 4. The van der Waals surface area contributed by atoms with Crippen molar-refractivity contribution in [3.63, 3.8) is 0 Å². The molecule has 3 aliphatic heterocycles. The average Bonchev–Trinajstić information content (AvgIpc) is 3.46. The Labute approximate surface area is 205 Å². The third-order valence-electron chi connectivity index (χ3n) is 6.80. The van der Waals surface area contributed by atoms with Crippen LogP contribution in [0, 0.1) is 0 Å². The third-order valence-corrected chi connectivity index (χ3v) is 6.80. The lowest BCUT2D eigenvalue weighted by Gasteiger charge is -2.29. The van der Waals surface area contributed by atoms with Crippen molar-refractivity contribution in [2.24, 2.45) is 4.99 Å². The van der Waals surface area contributed by atoms with Crippen LogP contribution in [0.25, 0.3) is 0 Å². The average molecular weight is 489 g/mol. The smallest absolute Gasteiger partial charge is 0.322 e. The van der Waals surface area contributed by atoms with Crippen molar-refractivity contribution < 1.29 is 28.3 Å². The van der Waals surface area contributed by atoms with Crippen LogP contribution >= 0.6 is 0 Å². The van der Waals surface area contributed by atoms with Crippen LogP contribution in [0.15, 0.2) is 45.3 Å². The summed E-state index contributed by atoms with van der Waals surface area (Å²) in [7, 11) is 1.52. The molecule has 4 aliphatic rings. The van der Waals surface area contributed by atoms with Crippen molar-refractivity contribution in [2.75, 3.05) is 13.7 Å².